The summed E-state index contributed by atoms with van der Waals surface area (Å²) in [7, 11) is 1.92. The van der Waals surface area contributed by atoms with Gasteiger partial charge in [0.25, 0.3) is 0 Å². The molecule has 0 radical (unpaired) electrons. The van der Waals surface area contributed by atoms with Crippen LogP contribution in [0.5, 0.6) is 0 Å². The average molecular weight is 260 g/mol. The van der Waals surface area contributed by atoms with Gasteiger partial charge in [0.05, 0.1) is 12.3 Å². The molecule has 3 atom stereocenters. The molecule has 0 fully saturated rings. The van der Waals surface area contributed by atoms with Crippen molar-refractivity contribution in [1.29, 1.82) is 0 Å². The summed E-state index contributed by atoms with van der Waals surface area (Å²) in [4.78, 5) is 3.01. The first kappa shape index (κ1) is 15.8. The minimum absolute atomic E-state index is 0. The second-order valence-electron chi connectivity index (χ2n) is 3.80. The summed E-state index contributed by atoms with van der Waals surface area (Å²) in [5, 5.41) is 11.6. The van der Waals surface area contributed by atoms with Gasteiger partial charge in [-0.15, -0.1) is 12.3 Å². The molecule has 1 heterocycles. The van der Waals surface area contributed by atoms with Crippen LogP contribution in [0.25, 0.3) is 0 Å². The number of rotatable bonds is 5. The SMILES string of the molecule is C#CCC(C)OC[NH+]1C=CN(C)C1/C=N\O.[Cl-]. The molecule has 0 aliphatic carbocycles. The molecule has 0 amide bonds. The maximum Gasteiger partial charge on any atom is 0.209 e. The average Bonchev–Trinajstić information content (AvgIpc) is 2.59. The molecule has 0 bridgehead atoms. The predicted molar refractivity (Wildman–Crippen MR) is 60.8 cm³/mol. The van der Waals surface area contributed by atoms with Crippen LogP contribution in [0, 0.1) is 12.3 Å². The summed E-state index contributed by atoms with van der Waals surface area (Å²) >= 11 is 0. The van der Waals surface area contributed by atoms with E-state index < -0.39 is 0 Å². The Morgan fingerprint density at radius 2 is 2.47 bits per heavy atom. The van der Waals surface area contributed by atoms with Crippen molar-refractivity contribution in [1.82, 2.24) is 4.90 Å². The van der Waals surface area contributed by atoms with Crippen LogP contribution < -0.4 is 17.3 Å². The van der Waals surface area contributed by atoms with Gasteiger partial charge in [0.2, 0.25) is 6.17 Å². The quantitative estimate of drug-likeness (QED) is 0.233. The lowest BCUT2D eigenvalue weighted by molar-refractivity contribution is -0.886. The Hall–Kier alpha value is -1.22. The highest BCUT2D eigenvalue weighted by Gasteiger charge is 2.27. The fourth-order valence-electron chi connectivity index (χ4n) is 1.53. The zero-order valence-corrected chi connectivity index (χ0v) is 10.8. The molecule has 96 valence electrons. The number of halogens is 1. The predicted octanol–water partition coefficient (Wildman–Crippen LogP) is -3.54. The molecule has 0 spiro atoms. The van der Waals surface area contributed by atoms with Gasteiger partial charge in [-0.05, 0) is 6.92 Å². The van der Waals surface area contributed by atoms with E-state index in [4.69, 9.17) is 16.4 Å². The Morgan fingerprint density at radius 1 is 1.76 bits per heavy atom. The van der Waals surface area contributed by atoms with E-state index in [1.54, 1.807) is 0 Å². The fraction of sp³-hybridized carbons (Fsp3) is 0.545. The number of quaternary nitrogens is 1. The summed E-state index contributed by atoms with van der Waals surface area (Å²) in [6.07, 6.45) is 11.2. The molecule has 17 heavy (non-hydrogen) atoms. The second-order valence-corrected chi connectivity index (χ2v) is 3.80. The van der Waals surface area contributed by atoms with Crippen LogP contribution in [0.3, 0.4) is 0 Å². The van der Waals surface area contributed by atoms with Gasteiger partial charge >= 0.3 is 0 Å². The van der Waals surface area contributed by atoms with E-state index >= 15 is 0 Å². The van der Waals surface area contributed by atoms with E-state index in [1.807, 2.05) is 31.3 Å². The van der Waals surface area contributed by atoms with Gasteiger partial charge in [-0.25, -0.2) is 0 Å². The van der Waals surface area contributed by atoms with Gasteiger partial charge in [-0.1, -0.05) is 5.16 Å². The van der Waals surface area contributed by atoms with Crippen LogP contribution in [0.2, 0.25) is 0 Å². The number of oxime groups is 1. The van der Waals surface area contributed by atoms with Crippen molar-refractivity contribution >= 4 is 6.21 Å². The minimum Gasteiger partial charge on any atom is -1.00 e. The molecular weight excluding hydrogens is 242 g/mol. The van der Waals surface area contributed by atoms with Crippen LogP contribution in [0.4, 0.5) is 0 Å². The second kappa shape index (κ2) is 7.96. The van der Waals surface area contributed by atoms with Crippen LogP contribution in [-0.2, 0) is 4.74 Å². The van der Waals surface area contributed by atoms with Crippen molar-refractivity contribution in [3.05, 3.63) is 12.4 Å². The van der Waals surface area contributed by atoms with E-state index in [-0.39, 0.29) is 24.7 Å². The summed E-state index contributed by atoms with van der Waals surface area (Å²) in [6.45, 7) is 2.44. The number of nitrogens with zero attached hydrogens (tertiary/aromatic N) is 2. The molecular formula is C11H18ClN3O2. The third-order valence-electron chi connectivity index (χ3n) is 2.49. The Labute approximate surface area is 108 Å². The molecule has 0 aromatic heterocycles. The molecule has 5 nitrogen and oxygen atoms in total. The van der Waals surface area contributed by atoms with Gasteiger partial charge in [0.15, 0.2) is 6.73 Å². The van der Waals surface area contributed by atoms with Crippen LogP contribution >= 0.6 is 0 Å². The Kier molecular flexibility index (Phi) is 7.39. The van der Waals surface area contributed by atoms with Gasteiger partial charge in [0, 0.05) is 13.5 Å². The number of terminal acetylenes is 1. The molecule has 6 heteroatoms. The molecule has 0 saturated heterocycles. The lowest BCUT2D eigenvalue weighted by Crippen LogP contribution is -3.12. The summed E-state index contributed by atoms with van der Waals surface area (Å²) in [5.41, 5.74) is 0. The van der Waals surface area contributed by atoms with Crippen molar-refractivity contribution in [2.24, 2.45) is 5.16 Å². The summed E-state index contributed by atoms with van der Waals surface area (Å²) in [5.74, 6) is 2.56. The topological polar surface area (TPSA) is 49.5 Å². The first-order valence-corrected chi connectivity index (χ1v) is 5.17. The van der Waals surface area contributed by atoms with Crippen molar-refractivity contribution in [3.63, 3.8) is 0 Å². The molecule has 3 unspecified atom stereocenters. The highest BCUT2D eigenvalue weighted by atomic mass is 35.5. The molecule has 0 aromatic carbocycles. The number of ether oxygens (including phenoxy) is 1. The summed E-state index contributed by atoms with van der Waals surface area (Å²) < 4.78 is 5.59. The normalized spacial score (nSPS) is 24.6. The van der Waals surface area contributed by atoms with E-state index in [1.165, 1.54) is 6.21 Å². The molecule has 1 rings (SSSR count). The van der Waals surface area contributed by atoms with Crippen molar-refractivity contribution in [3.8, 4) is 12.3 Å². The monoisotopic (exact) mass is 259 g/mol. The van der Waals surface area contributed by atoms with E-state index in [9.17, 15) is 0 Å². The molecule has 1 aliphatic rings. The maximum absolute atomic E-state index is 8.56. The Morgan fingerprint density at radius 3 is 3.06 bits per heavy atom. The Balaban J connectivity index is 0.00000256. The zero-order valence-electron chi connectivity index (χ0n) is 10.0. The zero-order chi connectivity index (χ0) is 12.0. The fourth-order valence-corrected chi connectivity index (χ4v) is 1.53. The highest BCUT2D eigenvalue weighted by molar-refractivity contribution is 5.61. The molecule has 0 saturated carbocycles. The first-order valence-electron chi connectivity index (χ1n) is 5.17. The first-order chi connectivity index (χ1) is 7.69. The van der Waals surface area contributed by atoms with E-state index in [0.29, 0.717) is 13.2 Å². The Bertz CT molecular complexity index is 314. The van der Waals surface area contributed by atoms with Gasteiger partial charge < -0.3 is 27.3 Å². The van der Waals surface area contributed by atoms with Gasteiger partial charge in [-0.3, -0.25) is 4.90 Å². The standard InChI is InChI=1S/C11H17N3O2.ClH/c1-4-5-10(2)16-9-14-7-6-13(3)11(14)8-12-15;/h1,6-8,10-11,15H,5,9H2,2-3H3;1H/b12-8-;. The summed E-state index contributed by atoms with van der Waals surface area (Å²) in [6, 6.07) is 0. The molecule has 1 aliphatic heterocycles. The van der Waals surface area contributed by atoms with E-state index in [0.717, 1.165) is 4.90 Å². The third kappa shape index (κ3) is 4.65. The molecule has 2 N–H and O–H groups in total. The lowest BCUT2D eigenvalue weighted by Gasteiger charge is -2.22. The van der Waals surface area contributed by atoms with Crippen molar-refractivity contribution in [2.75, 3.05) is 13.8 Å². The van der Waals surface area contributed by atoms with Gasteiger partial charge in [-0.2, -0.15) is 0 Å². The number of nitrogens with one attached hydrogen (secondary N) is 1. The maximum atomic E-state index is 8.56. The van der Waals surface area contributed by atoms with Crippen LogP contribution in [0.1, 0.15) is 13.3 Å². The largest absolute Gasteiger partial charge is 1.00 e. The smallest absolute Gasteiger partial charge is 0.209 e. The number of hydrogen-bond acceptors (Lipinski definition) is 4. The van der Waals surface area contributed by atoms with Crippen LogP contribution in [-0.4, -0.2) is 42.4 Å². The number of hydrogen-bond donors (Lipinski definition) is 2. The minimum atomic E-state index is -0.0250. The lowest BCUT2D eigenvalue weighted by atomic mass is 10.3. The van der Waals surface area contributed by atoms with Crippen molar-refractivity contribution in [2.45, 2.75) is 25.6 Å². The van der Waals surface area contributed by atoms with Crippen molar-refractivity contribution < 1.29 is 27.3 Å². The van der Waals surface area contributed by atoms with E-state index in [2.05, 4.69) is 11.1 Å². The molecule has 0 aromatic rings. The highest BCUT2D eigenvalue weighted by Crippen LogP contribution is 1.96. The third-order valence-corrected chi connectivity index (χ3v) is 2.49. The van der Waals surface area contributed by atoms with Gasteiger partial charge in [0.1, 0.15) is 12.4 Å². The van der Waals surface area contributed by atoms with Crippen LogP contribution in [0.15, 0.2) is 17.6 Å².